The molecule has 0 fully saturated rings. The van der Waals surface area contributed by atoms with Crippen molar-refractivity contribution in [3.63, 3.8) is 0 Å². The van der Waals surface area contributed by atoms with E-state index in [1.54, 1.807) is 0 Å². The monoisotopic (exact) mass is 345 g/mol. The number of anilines is 1. The fraction of sp³-hybridized carbons (Fsp3) is 0.462. The first-order valence-corrected chi connectivity index (χ1v) is 7.92. The lowest BCUT2D eigenvalue weighted by Gasteiger charge is -2.06. The molecule has 0 saturated carbocycles. The Kier molecular flexibility index (Phi) is 5.42. The van der Waals surface area contributed by atoms with Crippen LogP contribution in [-0.4, -0.2) is 19.8 Å². The fourth-order valence-corrected chi connectivity index (χ4v) is 3.05. The van der Waals surface area contributed by atoms with Crippen LogP contribution in [0.3, 0.4) is 0 Å². The quantitative estimate of drug-likeness (QED) is 0.774. The lowest BCUT2D eigenvalue weighted by Crippen LogP contribution is -2.11. The van der Waals surface area contributed by atoms with Crippen LogP contribution in [0.25, 0.3) is 10.3 Å². The molecule has 0 aliphatic rings. The standard InChI is InChI=1S/C13H16BrNO3S/c1-2-3-5-17-6-4-15-11-7-10(16)13-12(18-11)9(14)8-19-13/h7-8,15H,2-6H2,1H3. The molecule has 0 spiro atoms. The Labute approximate surface area is 123 Å². The van der Waals surface area contributed by atoms with Crippen LogP contribution >= 0.6 is 27.3 Å². The number of rotatable bonds is 7. The maximum atomic E-state index is 11.8. The van der Waals surface area contributed by atoms with Gasteiger partial charge >= 0.3 is 0 Å². The second-order valence-corrected chi connectivity index (χ2v) is 5.84. The molecule has 2 aromatic rings. The number of hydrogen-bond donors (Lipinski definition) is 1. The first-order chi connectivity index (χ1) is 9.22. The number of fused-ring (bicyclic) bond motifs is 1. The number of thiophene rings is 1. The van der Waals surface area contributed by atoms with Crippen LogP contribution < -0.4 is 10.7 Å². The third kappa shape index (κ3) is 3.81. The van der Waals surface area contributed by atoms with Gasteiger partial charge in [0.05, 0.1) is 11.1 Å². The number of unbranched alkanes of at least 4 members (excludes halogenated alkanes) is 1. The minimum Gasteiger partial charge on any atom is -0.438 e. The molecule has 0 unspecified atom stereocenters. The Morgan fingerprint density at radius 3 is 3.11 bits per heavy atom. The van der Waals surface area contributed by atoms with Crippen LogP contribution in [0.1, 0.15) is 19.8 Å². The summed E-state index contributed by atoms with van der Waals surface area (Å²) in [4.78, 5) is 11.8. The Balaban J connectivity index is 1.94. The lowest BCUT2D eigenvalue weighted by atomic mass is 10.4. The van der Waals surface area contributed by atoms with E-state index < -0.39 is 0 Å². The summed E-state index contributed by atoms with van der Waals surface area (Å²) in [6.45, 7) is 4.13. The Hall–Kier alpha value is -0.850. The molecule has 104 valence electrons. The molecule has 0 atom stereocenters. The zero-order chi connectivity index (χ0) is 13.7. The number of ether oxygens (including phenoxy) is 1. The lowest BCUT2D eigenvalue weighted by molar-refractivity contribution is 0.140. The topological polar surface area (TPSA) is 51.5 Å². The second-order valence-electron chi connectivity index (χ2n) is 4.11. The van der Waals surface area contributed by atoms with Gasteiger partial charge in [0.15, 0.2) is 11.5 Å². The van der Waals surface area contributed by atoms with Crippen LogP contribution in [0, 0.1) is 0 Å². The molecule has 0 aliphatic carbocycles. The van der Waals surface area contributed by atoms with Crippen molar-refractivity contribution in [2.45, 2.75) is 19.8 Å². The van der Waals surface area contributed by atoms with E-state index in [9.17, 15) is 4.79 Å². The van der Waals surface area contributed by atoms with E-state index in [0.29, 0.717) is 29.3 Å². The summed E-state index contributed by atoms with van der Waals surface area (Å²) in [5.74, 6) is 0.482. The van der Waals surface area contributed by atoms with Gasteiger partial charge in [0, 0.05) is 24.6 Å². The Morgan fingerprint density at radius 1 is 1.47 bits per heavy atom. The second kappa shape index (κ2) is 7.07. The molecular formula is C13H16BrNO3S. The van der Waals surface area contributed by atoms with Gasteiger partial charge in [0.1, 0.15) is 4.70 Å². The zero-order valence-corrected chi connectivity index (χ0v) is 13.1. The molecule has 0 aromatic carbocycles. The molecule has 2 rings (SSSR count). The van der Waals surface area contributed by atoms with Gasteiger partial charge in [-0.05, 0) is 22.4 Å². The predicted octanol–water partition coefficient (Wildman–Crippen LogP) is 3.85. The third-order valence-corrected chi connectivity index (χ3v) is 4.46. The molecular weight excluding hydrogens is 330 g/mol. The van der Waals surface area contributed by atoms with E-state index in [0.717, 1.165) is 23.9 Å². The summed E-state index contributed by atoms with van der Waals surface area (Å²) in [6, 6.07) is 1.48. The molecule has 19 heavy (non-hydrogen) atoms. The Bertz CT molecular complexity index is 593. The van der Waals surface area contributed by atoms with Crippen LogP contribution in [0.2, 0.25) is 0 Å². The Morgan fingerprint density at radius 2 is 2.32 bits per heavy atom. The highest BCUT2D eigenvalue weighted by Gasteiger charge is 2.09. The first kappa shape index (κ1) is 14.6. The summed E-state index contributed by atoms with van der Waals surface area (Å²) < 4.78 is 12.5. The molecule has 0 amide bonds. The number of nitrogens with one attached hydrogen (secondary N) is 1. The average Bonchev–Trinajstić information content (AvgIpc) is 2.76. The number of halogens is 1. The van der Waals surface area contributed by atoms with Crippen molar-refractivity contribution in [3.05, 3.63) is 26.1 Å². The van der Waals surface area contributed by atoms with E-state index >= 15 is 0 Å². The smallest absolute Gasteiger partial charge is 0.204 e. The van der Waals surface area contributed by atoms with Crippen molar-refractivity contribution in [2.24, 2.45) is 0 Å². The van der Waals surface area contributed by atoms with Crippen LogP contribution in [0.4, 0.5) is 5.88 Å². The molecule has 4 nitrogen and oxygen atoms in total. The van der Waals surface area contributed by atoms with Crippen molar-refractivity contribution in [3.8, 4) is 0 Å². The maximum Gasteiger partial charge on any atom is 0.204 e. The summed E-state index contributed by atoms with van der Waals surface area (Å²) in [5, 5.41) is 4.92. The van der Waals surface area contributed by atoms with Gasteiger partial charge in [-0.1, -0.05) is 13.3 Å². The van der Waals surface area contributed by atoms with Crippen LogP contribution in [0.15, 0.2) is 25.1 Å². The molecule has 0 radical (unpaired) electrons. The molecule has 0 bridgehead atoms. The molecule has 1 N–H and O–H groups in total. The average molecular weight is 346 g/mol. The van der Waals surface area contributed by atoms with Crippen molar-refractivity contribution >= 4 is 43.4 Å². The van der Waals surface area contributed by atoms with Gasteiger partial charge in [-0.2, -0.15) is 0 Å². The van der Waals surface area contributed by atoms with Crippen molar-refractivity contribution in [2.75, 3.05) is 25.1 Å². The minimum atomic E-state index is -0.0219. The van der Waals surface area contributed by atoms with Crippen molar-refractivity contribution in [1.29, 1.82) is 0 Å². The third-order valence-electron chi connectivity index (χ3n) is 2.59. The highest BCUT2D eigenvalue weighted by atomic mass is 79.9. The highest BCUT2D eigenvalue weighted by molar-refractivity contribution is 9.10. The van der Waals surface area contributed by atoms with E-state index in [4.69, 9.17) is 9.15 Å². The highest BCUT2D eigenvalue weighted by Crippen LogP contribution is 2.29. The largest absolute Gasteiger partial charge is 0.438 e. The molecule has 2 aromatic heterocycles. The summed E-state index contributed by atoms with van der Waals surface area (Å²) in [7, 11) is 0. The summed E-state index contributed by atoms with van der Waals surface area (Å²) >= 11 is 4.75. The molecule has 0 aliphatic heterocycles. The summed E-state index contributed by atoms with van der Waals surface area (Å²) in [6.07, 6.45) is 2.20. The summed E-state index contributed by atoms with van der Waals surface area (Å²) in [5.41, 5.74) is 0.582. The molecule has 0 saturated heterocycles. The van der Waals surface area contributed by atoms with E-state index in [-0.39, 0.29) is 5.43 Å². The van der Waals surface area contributed by atoms with Gasteiger partial charge in [-0.3, -0.25) is 4.79 Å². The van der Waals surface area contributed by atoms with Crippen molar-refractivity contribution < 1.29 is 9.15 Å². The van der Waals surface area contributed by atoms with Crippen LogP contribution in [-0.2, 0) is 4.74 Å². The van der Waals surface area contributed by atoms with Gasteiger partial charge < -0.3 is 14.5 Å². The molecule has 2 heterocycles. The van der Waals surface area contributed by atoms with Gasteiger partial charge in [0.25, 0.3) is 0 Å². The number of hydrogen-bond acceptors (Lipinski definition) is 5. The van der Waals surface area contributed by atoms with E-state index in [2.05, 4.69) is 28.2 Å². The van der Waals surface area contributed by atoms with Gasteiger partial charge in [-0.15, -0.1) is 11.3 Å². The predicted molar refractivity (Wildman–Crippen MR) is 82.3 cm³/mol. The van der Waals surface area contributed by atoms with Gasteiger partial charge in [0.2, 0.25) is 5.43 Å². The van der Waals surface area contributed by atoms with E-state index in [1.165, 1.54) is 17.4 Å². The minimum absolute atomic E-state index is 0.0219. The fourth-order valence-electron chi connectivity index (χ4n) is 1.60. The van der Waals surface area contributed by atoms with Crippen molar-refractivity contribution in [1.82, 2.24) is 0 Å². The first-order valence-electron chi connectivity index (χ1n) is 6.25. The zero-order valence-electron chi connectivity index (χ0n) is 10.7. The maximum absolute atomic E-state index is 11.8. The van der Waals surface area contributed by atoms with E-state index in [1.807, 2.05) is 5.38 Å². The van der Waals surface area contributed by atoms with Gasteiger partial charge in [-0.25, -0.2) is 0 Å². The normalized spacial score (nSPS) is 11.1. The van der Waals surface area contributed by atoms with Crippen LogP contribution in [0.5, 0.6) is 0 Å². The SMILES string of the molecule is CCCCOCCNc1cc(=O)c2scc(Br)c2o1. The molecule has 6 heteroatoms.